The number of carboxylic acid groups (broad SMARTS) is 1. The van der Waals surface area contributed by atoms with Crippen LogP contribution >= 0.6 is 0 Å². The molecule has 2 rings (SSSR count). The molecule has 1 heterocycles. The number of H-pyrrole nitrogens is 1. The first kappa shape index (κ1) is 14.4. The lowest BCUT2D eigenvalue weighted by Crippen LogP contribution is -2.20. The lowest BCUT2D eigenvalue weighted by molar-refractivity contribution is -0.118. The SMILES string of the molecule is O=C(COc1ccc(F)cc1F)Nc1cc(C(=O)O)[nH]n1. The molecule has 0 fully saturated rings. The lowest BCUT2D eigenvalue weighted by Gasteiger charge is -2.06. The van der Waals surface area contributed by atoms with Crippen molar-refractivity contribution in [3.8, 4) is 5.75 Å². The van der Waals surface area contributed by atoms with Gasteiger partial charge in [0, 0.05) is 12.1 Å². The second kappa shape index (κ2) is 5.99. The number of ether oxygens (including phenoxy) is 1. The summed E-state index contributed by atoms with van der Waals surface area (Å²) in [6.07, 6.45) is 0. The number of halogens is 2. The molecule has 9 heteroatoms. The summed E-state index contributed by atoms with van der Waals surface area (Å²) in [7, 11) is 0. The molecule has 0 aliphatic heterocycles. The van der Waals surface area contributed by atoms with Crippen LogP contribution in [0.4, 0.5) is 14.6 Å². The van der Waals surface area contributed by atoms with Crippen LogP contribution in [0.25, 0.3) is 0 Å². The van der Waals surface area contributed by atoms with Gasteiger partial charge in [-0.05, 0) is 12.1 Å². The molecular formula is C12H9F2N3O4. The predicted octanol–water partition coefficient (Wildman–Crippen LogP) is 1.40. The number of nitrogens with zero attached hydrogens (tertiary/aromatic N) is 1. The molecule has 110 valence electrons. The maximum atomic E-state index is 13.2. The fourth-order valence-corrected chi connectivity index (χ4v) is 1.41. The molecule has 3 N–H and O–H groups in total. The third-order valence-electron chi connectivity index (χ3n) is 2.33. The Labute approximate surface area is 116 Å². The van der Waals surface area contributed by atoms with Crippen LogP contribution in [0.3, 0.4) is 0 Å². The molecule has 0 radical (unpaired) electrons. The van der Waals surface area contributed by atoms with Gasteiger partial charge in [0.25, 0.3) is 5.91 Å². The van der Waals surface area contributed by atoms with Crippen LogP contribution < -0.4 is 10.1 Å². The van der Waals surface area contributed by atoms with Crippen molar-refractivity contribution in [1.82, 2.24) is 10.2 Å². The smallest absolute Gasteiger partial charge is 0.353 e. The van der Waals surface area contributed by atoms with E-state index in [1.165, 1.54) is 0 Å². The number of amides is 1. The fourth-order valence-electron chi connectivity index (χ4n) is 1.41. The monoisotopic (exact) mass is 297 g/mol. The molecule has 1 amide bonds. The molecule has 0 saturated carbocycles. The second-order valence-corrected chi connectivity index (χ2v) is 3.88. The van der Waals surface area contributed by atoms with Crippen molar-refractivity contribution < 1.29 is 28.2 Å². The minimum atomic E-state index is -1.23. The first-order valence-electron chi connectivity index (χ1n) is 5.62. The van der Waals surface area contributed by atoms with Gasteiger partial charge in [-0.25, -0.2) is 13.6 Å². The van der Waals surface area contributed by atoms with Crippen LogP contribution in [0.15, 0.2) is 24.3 Å². The Balaban J connectivity index is 1.91. The highest BCUT2D eigenvalue weighted by molar-refractivity contribution is 5.93. The third-order valence-corrected chi connectivity index (χ3v) is 2.33. The molecule has 0 saturated heterocycles. The summed E-state index contributed by atoms with van der Waals surface area (Å²) in [4.78, 5) is 22.1. The molecule has 0 aliphatic carbocycles. The van der Waals surface area contributed by atoms with Gasteiger partial charge in [-0.2, -0.15) is 5.10 Å². The van der Waals surface area contributed by atoms with Gasteiger partial charge in [0.2, 0.25) is 0 Å². The van der Waals surface area contributed by atoms with E-state index in [9.17, 15) is 18.4 Å². The number of aromatic amines is 1. The Morgan fingerprint density at radius 1 is 1.33 bits per heavy atom. The number of carbonyl (C=O) groups is 2. The molecule has 2 aromatic rings. The van der Waals surface area contributed by atoms with Gasteiger partial charge in [0.05, 0.1) is 0 Å². The zero-order valence-electron chi connectivity index (χ0n) is 10.4. The highest BCUT2D eigenvalue weighted by atomic mass is 19.1. The van der Waals surface area contributed by atoms with Crippen molar-refractivity contribution in [2.24, 2.45) is 0 Å². The van der Waals surface area contributed by atoms with Gasteiger partial charge in [0.1, 0.15) is 11.5 Å². The summed E-state index contributed by atoms with van der Waals surface area (Å²) < 4.78 is 30.8. The maximum absolute atomic E-state index is 13.2. The summed E-state index contributed by atoms with van der Waals surface area (Å²) in [5.74, 6) is -3.90. The molecule has 0 atom stereocenters. The van der Waals surface area contributed by atoms with E-state index in [0.29, 0.717) is 6.07 Å². The number of rotatable bonds is 5. The van der Waals surface area contributed by atoms with Gasteiger partial charge in [-0.1, -0.05) is 0 Å². The number of carbonyl (C=O) groups excluding carboxylic acids is 1. The highest BCUT2D eigenvalue weighted by Gasteiger charge is 2.12. The molecule has 7 nitrogen and oxygen atoms in total. The largest absolute Gasteiger partial charge is 0.481 e. The summed E-state index contributed by atoms with van der Waals surface area (Å²) >= 11 is 0. The van der Waals surface area contributed by atoms with E-state index in [4.69, 9.17) is 9.84 Å². The molecule has 0 spiro atoms. The van der Waals surface area contributed by atoms with Crippen LogP contribution in [0.5, 0.6) is 5.75 Å². The van der Waals surface area contributed by atoms with E-state index in [0.717, 1.165) is 18.2 Å². The minimum absolute atomic E-state index is 0.0134. The quantitative estimate of drug-likeness (QED) is 0.774. The zero-order valence-corrected chi connectivity index (χ0v) is 10.4. The number of carboxylic acids is 1. The molecule has 0 bridgehead atoms. The van der Waals surface area contributed by atoms with Crippen molar-refractivity contribution >= 4 is 17.7 Å². The average Bonchev–Trinajstić information content (AvgIpc) is 2.86. The molecule has 1 aromatic carbocycles. The van der Waals surface area contributed by atoms with Gasteiger partial charge in [-0.3, -0.25) is 9.89 Å². The third kappa shape index (κ3) is 3.75. The summed E-state index contributed by atoms with van der Waals surface area (Å²) in [5.41, 5.74) is -0.198. The van der Waals surface area contributed by atoms with Crippen molar-refractivity contribution in [3.63, 3.8) is 0 Å². The summed E-state index contributed by atoms with van der Waals surface area (Å²) in [6.45, 7) is -0.544. The van der Waals surface area contributed by atoms with E-state index in [2.05, 4.69) is 15.5 Å². The first-order valence-corrected chi connectivity index (χ1v) is 5.62. The van der Waals surface area contributed by atoms with Crippen LogP contribution in [-0.4, -0.2) is 33.8 Å². The number of hydrogen-bond acceptors (Lipinski definition) is 4. The Morgan fingerprint density at radius 2 is 2.10 bits per heavy atom. The van der Waals surface area contributed by atoms with Gasteiger partial charge < -0.3 is 15.2 Å². The standard InChI is InChI=1S/C12H9F2N3O4/c13-6-1-2-9(7(14)3-6)21-5-11(18)15-10-4-8(12(19)20)16-17-10/h1-4H,5H2,(H,19,20)(H2,15,16,17,18). The normalized spacial score (nSPS) is 10.2. The fraction of sp³-hybridized carbons (Fsp3) is 0.0833. The molecule has 0 aliphatic rings. The van der Waals surface area contributed by atoms with Crippen LogP contribution in [0.1, 0.15) is 10.5 Å². The Kier molecular flexibility index (Phi) is 4.12. The molecule has 1 aromatic heterocycles. The number of anilines is 1. The van der Waals surface area contributed by atoms with E-state index in [1.807, 2.05) is 0 Å². The second-order valence-electron chi connectivity index (χ2n) is 3.88. The zero-order chi connectivity index (χ0) is 15.4. The summed E-state index contributed by atoms with van der Waals surface area (Å²) in [6, 6.07) is 3.77. The van der Waals surface area contributed by atoms with Crippen molar-refractivity contribution in [2.45, 2.75) is 0 Å². The van der Waals surface area contributed by atoms with Crippen molar-refractivity contribution in [1.29, 1.82) is 0 Å². The van der Waals surface area contributed by atoms with Gasteiger partial charge in [-0.15, -0.1) is 0 Å². The number of aromatic carboxylic acids is 1. The van der Waals surface area contributed by atoms with Gasteiger partial charge in [0.15, 0.2) is 24.0 Å². The first-order chi connectivity index (χ1) is 9.95. The highest BCUT2D eigenvalue weighted by Crippen LogP contribution is 2.17. The van der Waals surface area contributed by atoms with Crippen LogP contribution in [-0.2, 0) is 4.79 Å². The number of hydrogen-bond donors (Lipinski definition) is 3. The van der Waals surface area contributed by atoms with Crippen LogP contribution in [0.2, 0.25) is 0 Å². The lowest BCUT2D eigenvalue weighted by atomic mass is 10.3. The number of aromatic nitrogens is 2. The van der Waals surface area contributed by atoms with E-state index in [1.54, 1.807) is 0 Å². The Hall–Kier alpha value is -2.97. The number of benzene rings is 1. The Bertz CT molecular complexity index is 687. The average molecular weight is 297 g/mol. The van der Waals surface area contributed by atoms with E-state index >= 15 is 0 Å². The molecular weight excluding hydrogens is 288 g/mol. The van der Waals surface area contributed by atoms with E-state index < -0.39 is 30.1 Å². The van der Waals surface area contributed by atoms with Gasteiger partial charge >= 0.3 is 5.97 Å². The van der Waals surface area contributed by atoms with Crippen LogP contribution in [0, 0.1) is 11.6 Å². The van der Waals surface area contributed by atoms with E-state index in [-0.39, 0.29) is 17.3 Å². The maximum Gasteiger partial charge on any atom is 0.353 e. The minimum Gasteiger partial charge on any atom is -0.481 e. The molecule has 0 unspecified atom stereocenters. The predicted molar refractivity (Wildman–Crippen MR) is 66.0 cm³/mol. The Morgan fingerprint density at radius 3 is 2.71 bits per heavy atom. The van der Waals surface area contributed by atoms with Crippen molar-refractivity contribution in [2.75, 3.05) is 11.9 Å². The number of nitrogens with one attached hydrogen (secondary N) is 2. The molecule has 21 heavy (non-hydrogen) atoms. The topological polar surface area (TPSA) is 104 Å². The summed E-state index contributed by atoms with van der Waals surface area (Å²) in [5, 5.41) is 16.6. The van der Waals surface area contributed by atoms with Crippen molar-refractivity contribution in [3.05, 3.63) is 41.6 Å².